The van der Waals surface area contributed by atoms with Gasteiger partial charge in [0, 0.05) is 11.6 Å². The summed E-state index contributed by atoms with van der Waals surface area (Å²) in [6, 6.07) is 14.3. The summed E-state index contributed by atoms with van der Waals surface area (Å²) in [5.41, 5.74) is 7.22. The van der Waals surface area contributed by atoms with Crippen molar-refractivity contribution in [1.82, 2.24) is 0 Å². The number of ether oxygens (including phenoxy) is 1. The summed E-state index contributed by atoms with van der Waals surface area (Å²) in [5, 5.41) is 0. The SMILES string of the molecule is NCCc1cc(F)cc(OCC#Cc2ccccc2)c1. The van der Waals surface area contributed by atoms with E-state index < -0.39 is 0 Å². The van der Waals surface area contributed by atoms with Crippen molar-refractivity contribution in [2.24, 2.45) is 5.73 Å². The van der Waals surface area contributed by atoms with Gasteiger partial charge in [0.25, 0.3) is 0 Å². The Hall–Kier alpha value is -2.31. The van der Waals surface area contributed by atoms with Crippen molar-refractivity contribution in [3.8, 4) is 17.6 Å². The van der Waals surface area contributed by atoms with Crippen molar-refractivity contribution in [3.63, 3.8) is 0 Å². The van der Waals surface area contributed by atoms with E-state index in [1.165, 1.54) is 12.1 Å². The molecule has 2 aromatic carbocycles. The molecule has 0 saturated heterocycles. The molecule has 2 aromatic rings. The smallest absolute Gasteiger partial charge is 0.149 e. The molecular weight excluding hydrogens is 253 g/mol. The molecule has 0 unspecified atom stereocenters. The second-order valence-electron chi connectivity index (χ2n) is 4.29. The molecule has 0 bridgehead atoms. The first-order valence-electron chi connectivity index (χ1n) is 6.44. The summed E-state index contributed by atoms with van der Waals surface area (Å²) in [6.07, 6.45) is 0.629. The Labute approximate surface area is 118 Å². The van der Waals surface area contributed by atoms with Crippen LogP contribution < -0.4 is 10.5 Å². The van der Waals surface area contributed by atoms with Gasteiger partial charge in [0.1, 0.15) is 18.2 Å². The first-order valence-corrected chi connectivity index (χ1v) is 6.44. The maximum atomic E-state index is 13.4. The standard InChI is InChI=1S/C17H16FNO/c18-16-11-15(8-9-19)12-17(13-16)20-10-4-7-14-5-2-1-3-6-14/h1-3,5-6,11-13H,8-10,19H2. The predicted molar refractivity (Wildman–Crippen MR) is 78.0 cm³/mol. The highest BCUT2D eigenvalue weighted by atomic mass is 19.1. The average molecular weight is 269 g/mol. The van der Waals surface area contributed by atoms with Gasteiger partial charge in [-0.15, -0.1) is 0 Å². The van der Waals surface area contributed by atoms with Crippen LogP contribution in [0.1, 0.15) is 11.1 Å². The van der Waals surface area contributed by atoms with Gasteiger partial charge in [0.15, 0.2) is 0 Å². The molecule has 0 aromatic heterocycles. The fourth-order valence-electron chi connectivity index (χ4n) is 1.79. The minimum atomic E-state index is -0.318. The summed E-state index contributed by atoms with van der Waals surface area (Å²) in [4.78, 5) is 0. The van der Waals surface area contributed by atoms with Crippen LogP contribution >= 0.6 is 0 Å². The minimum absolute atomic E-state index is 0.223. The van der Waals surface area contributed by atoms with Crippen molar-refractivity contribution in [2.45, 2.75) is 6.42 Å². The van der Waals surface area contributed by atoms with E-state index >= 15 is 0 Å². The summed E-state index contributed by atoms with van der Waals surface area (Å²) in [7, 11) is 0. The van der Waals surface area contributed by atoms with Crippen molar-refractivity contribution in [1.29, 1.82) is 0 Å². The third-order valence-corrected chi connectivity index (χ3v) is 2.68. The van der Waals surface area contributed by atoms with E-state index in [1.807, 2.05) is 30.3 Å². The monoisotopic (exact) mass is 269 g/mol. The summed E-state index contributed by atoms with van der Waals surface area (Å²) in [6.45, 7) is 0.705. The molecule has 0 radical (unpaired) electrons. The molecule has 0 aliphatic carbocycles. The topological polar surface area (TPSA) is 35.2 Å². The Bertz CT molecular complexity index is 614. The lowest BCUT2D eigenvalue weighted by Gasteiger charge is -2.05. The van der Waals surface area contributed by atoms with Gasteiger partial charge in [-0.05, 0) is 42.8 Å². The van der Waals surface area contributed by atoms with Crippen LogP contribution in [0.2, 0.25) is 0 Å². The maximum Gasteiger partial charge on any atom is 0.149 e. The van der Waals surface area contributed by atoms with Gasteiger partial charge in [0.2, 0.25) is 0 Å². The molecule has 0 spiro atoms. The number of halogens is 1. The first kappa shape index (κ1) is 14.1. The zero-order chi connectivity index (χ0) is 14.2. The van der Waals surface area contributed by atoms with Crippen LogP contribution in [0, 0.1) is 17.7 Å². The van der Waals surface area contributed by atoms with E-state index in [0.29, 0.717) is 18.7 Å². The van der Waals surface area contributed by atoms with E-state index in [1.54, 1.807) is 6.07 Å². The van der Waals surface area contributed by atoms with Gasteiger partial charge in [-0.3, -0.25) is 0 Å². The number of nitrogens with two attached hydrogens (primary N) is 1. The molecule has 0 atom stereocenters. The molecule has 3 heteroatoms. The average Bonchev–Trinajstić information content (AvgIpc) is 2.45. The molecule has 2 N–H and O–H groups in total. The lowest BCUT2D eigenvalue weighted by atomic mass is 10.1. The van der Waals surface area contributed by atoms with Crippen molar-refractivity contribution in [3.05, 3.63) is 65.5 Å². The quantitative estimate of drug-likeness (QED) is 0.866. The fraction of sp³-hybridized carbons (Fsp3) is 0.176. The van der Waals surface area contributed by atoms with Crippen molar-refractivity contribution in [2.75, 3.05) is 13.2 Å². The van der Waals surface area contributed by atoms with Crippen molar-refractivity contribution < 1.29 is 9.13 Å². The first-order chi connectivity index (χ1) is 9.78. The molecular formula is C17H16FNO. The zero-order valence-electron chi connectivity index (χ0n) is 11.1. The van der Waals surface area contributed by atoms with E-state index in [2.05, 4.69) is 11.8 Å². The van der Waals surface area contributed by atoms with Gasteiger partial charge in [-0.1, -0.05) is 30.0 Å². The van der Waals surface area contributed by atoms with Crippen LogP contribution in [-0.2, 0) is 6.42 Å². The Morgan fingerprint density at radius 2 is 1.90 bits per heavy atom. The Morgan fingerprint density at radius 3 is 2.65 bits per heavy atom. The fourth-order valence-corrected chi connectivity index (χ4v) is 1.79. The zero-order valence-corrected chi connectivity index (χ0v) is 11.1. The van der Waals surface area contributed by atoms with Crippen LogP contribution in [-0.4, -0.2) is 13.2 Å². The second kappa shape index (κ2) is 7.32. The Kier molecular flexibility index (Phi) is 5.16. The molecule has 0 saturated carbocycles. The summed E-state index contributed by atoms with van der Waals surface area (Å²) >= 11 is 0. The highest BCUT2D eigenvalue weighted by molar-refractivity contribution is 5.34. The third kappa shape index (κ3) is 4.42. The molecule has 0 fully saturated rings. The molecule has 0 amide bonds. The van der Waals surface area contributed by atoms with Crippen LogP contribution in [0.5, 0.6) is 5.75 Å². The van der Waals surface area contributed by atoms with Gasteiger partial charge in [0.05, 0.1) is 0 Å². The number of rotatable bonds is 4. The number of hydrogen-bond acceptors (Lipinski definition) is 2. The lowest BCUT2D eigenvalue weighted by molar-refractivity contribution is 0.367. The Balaban J connectivity index is 1.96. The van der Waals surface area contributed by atoms with E-state index in [-0.39, 0.29) is 12.4 Å². The Morgan fingerprint density at radius 1 is 1.10 bits per heavy atom. The molecule has 20 heavy (non-hydrogen) atoms. The molecule has 2 nitrogen and oxygen atoms in total. The van der Waals surface area contributed by atoms with Gasteiger partial charge >= 0.3 is 0 Å². The van der Waals surface area contributed by atoms with E-state index in [0.717, 1.165) is 11.1 Å². The highest BCUT2D eigenvalue weighted by Gasteiger charge is 2.00. The summed E-state index contributed by atoms with van der Waals surface area (Å²) < 4.78 is 18.8. The number of hydrogen-bond donors (Lipinski definition) is 1. The maximum absolute atomic E-state index is 13.4. The molecule has 2 rings (SSSR count). The number of benzene rings is 2. The van der Waals surface area contributed by atoms with Gasteiger partial charge in [-0.25, -0.2) is 4.39 Å². The lowest BCUT2D eigenvalue weighted by Crippen LogP contribution is -2.03. The van der Waals surface area contributed by atoms with Gasteiger partial charge < -0.3 is 10.5 Å². The molecule has 0 aliphatic rings. The highest BCUT2D eigenvalue weighted by Crippen LogP contribution is 2.16. The van der Waals surface area contributed by atoms with Crippen LogP contribution in [0.3, 0.4) is 0 Å². The molecule has 102 valence electrons. The molecule has 0 aliphatic heterocycles. The van der Waals surface area contributed by atoms with E-state index in [9.17, 15) is 4.39 Å². The largest absolute Gasteiger partial charge is 0.481 e. The van der Waals surface area contributed by atoms with Crippen LogP contribution in [0.25, 0.3) is 0 Å². The van der Waals surface area contributed by atoms with Crippen LogP contribution in [0.15, 0.2) is 48.5 Å². The normalized spacial score (nSPS) is 9.70. The third-order valence-electron chi connectivity index (χ3n) is 2.68. The molecule has 0 heterocycles. The van der Waals surface area contributed by atoms with Crippen molar-refractivity contribution >= 4 is 0 Å². The second-order valence-corrected chi connectivity index (χ2v) is 4.29. The summed E-state index contributed by atoms with van der Waals surface area (Å²) in [5.74, 6) is 6.05. The minimum Gasteiger partial charge on any atom is -0.481 e. The van der Waals surface area contributed by atoms with Gasteiger partial charge in [-0.2, -0.15) is 0 Å². The van der Waals surface area contributed by atoms with E-state index in [4.69, 9.17) is 10.5 Å². The predicted octanol–water partition coefficient (Wildman–Crippen LogP) is 2.76. The van der Waals surface area contributed by atoms with Crippen LogP contribution in [0.4, 0.5) is 4.39 Å².